The van der Waals surface area contributed by atoms with Crippen molar-refractivity contribution in [2.45, 2.75) is 0 Å². The van der Waals surface area contributed by atoms with Crippen LogP contribution < -0.4 is 10.4 Å². The molecule has 4 nitrogen and oxygen atoms in total. The fourth-order valence-corrected chi connectivity index (χ4v) is 0. The molecule has 0 aliphatic rings. The molecule has 0 atom stereocenters. The number of hydrogen-bond acceptors (Lipinski definition) is 4. The summed E-state index contributed by atoms with van der Waals surface area (Å²) in [6.07, 6.45) is -2.05. The third-order valence-electron chi connectivity index (χ3n) is 0.0680. The summed E-state index contributed by atoms with van der Waals surface area (Å²) in [5.74, 6) is 0. The second kappa shape index (κ2) is 5.00. The van der Waals surface area contributed by atoms with E-state index >= 15 is 0 Å². The second-order valence-electron chi connectivity index (χ2n) is 0.333. The third kappa shape index (κ3) is 9.00. The van der Waals surface area contributed by atoms with Gasteiger partial charge < -0.3 is 20.0 Å². The molecule has 5 heteroatoms. The van der Waals surface area contributed by atoms with Crippen molar-refractivity contribution in [3.63, 3.8) is 0 Å². The molecular weight excluding hydrogens is 100 g/mol. The van der Waals surface area contributed by atoms with Gasteiger partial charge in [0.15, 0.2) is 0 Å². The molecule has 0 saturated heterocycles. The Labute approximate surface area is 49.8 Å². The van der Waals surface area contributed by atoms with E-state index in [1.807, 2.05) is 0 Å². The molecule has 0 amide bonds. The van der Waals surface area contributed by atoms with Crippen LogP contribution in [0.4, 0.5) is 4.79 Å². The fourth-order valence-electron chi connectivity index (χ4n) is 0. The number of rotatable bonds is 0. The van der Waals surface area contributed by atoms with Gasteiger partial charge in [-0.05, 0) is 0 Å². The predicted octanol–water partition coefficient (Wildman–Crippen LogP) is -2.76. The van der Waals surface area contributed by atoms with Crippen molar-refractivity contribution >= 4 is 29.2 Å². The molecule has 0 saturated carbocycles. The zero-order valence-electron chi connectivity index (χ0n) is 2.84. The van der Waals surface area contributed by atoms with Crippen molar-refractivity contribution < 1.29 is 20.0 Å². The minimum Gasteiger partial charge on any atom is -0.755 e. The molecule has 0 radical (unpaired) electrons. The van der Waals surface area contributed by atoms with Gasteiger partial charge in [-0.3, -0.25) is 0 Å². The van der Waals surface area contributed by atoms with Crippen molar-refractivity contribution in [1.29, 1.82) is 0 Å². The van der Waals surface area contributed by atoms with Crippen LogP contribution in [0.3, 0.4) is 0 Å². The molecule has 0 aliphatic heterocycles. The number of hydrogen-bond donors (Lipinski definition) is 0. The molecule has 0 heterocycles. The minimum absolute atomic E-state index is 0. The Kier molecular flexibility index (Phi) is 7.80. The van der Waals surface area contributed by atoms with E-state index < -0.39 is 6.16 Å². The van der Waals surface area contributed by atoms with Crippen molar-refractivity contribution in [2.24, 2.45) is 0 Å². The van der Waals surface area contributed by atoms with E-state index in [1.165, 1.54) is 0 Å². The maximum atomic E-state index is 8.72. The van der Waals surface area contributed by atoms with Gasteiger partial charge >= 0.3 is 23.1 Å². The van der Waals surface area contributed by atoms with E-state index in [-0.39, 0.29) is 23.1 Å². The van der Waals surface area contributed by atoms with Crippen molar-refractivity contribution in [2.75, 3.05) is 0 Å². The minimum atomic E-state index is -2.05. The van der Waals surface area contributed by atoms with Crippen LogP contribution in [0.5, 0.6) is 0 Å². The predicted molar refractivity (Wildman–Crippen MR) is 12.2 cm³/mol. The first-order valence-electron chi connectivity index (χ1n) is 0.779. The fraction of sp³-hybridized carbons (Fsp3) is 0. The second-order valence-corrected chi connectivity index (χ2v) is 0.333. The van der Waals surface area contributed by atoms with Gasteiger partial charge in [-0.2, -0.15) is 0 Å². The molecule has 0 aromatic carbocycles. The van der Waals surface area contributed by atoms with Crippen molar-refractivity contribution in [1.82, 2.24) is 0 Å². The van der Waals surface area contributed by atoms with E-state index in [4.69, 9.17) is 15.2 Å². The first-order valence-corrected chi connectivity index (χ1v) is 0.779. The summed E-state index contributed by atoms with van der Waals surface area (Å²) >= 11 is 0. The Hall–Kier alpha value is -0.00377. The molecule has 0 spiro atoms. The summed E-state index contributed by atoms with van der Waals surface area (Å²) in [6.45, 7) is 0. The van der Waals surface area contributed by atoms with Gasteiger partial charge in [0.2, 0.25) is 6.16 Å². The molecular formula is CMgO4. The van der Waals surface area contributed by atoms with Crippen LogP contribution in [0.25, 0.3) is 0 Å². The van der Waals surface area contributed by atoms with Crippen LogP contribution >= 0.6 is 0 Å². The normalized spacial score (nSPS) is 5.50. The molecule has 0 aromatic heterocycles. The maximum Gasteiger partial charge on any atom is 2.00 e. The average Bonchev–Trinajstić information content (AvgIpc) is 1.38. The molecule has 0 fully saturated rings. The Bertz CT molecular complexity index is 42.8. The molecule has 0 aromatic rings. The number of carbonyl (C=O) groups excluding carboxylic acids is 1. The zero-order chi connectivity index (χ0) is 4.28. The Morgan fingerprint density at radius 3 is 1.83 bits per heavy atom. The van der Waals surface area contributed by atoms with Crippen LogP contribution in [0.1, 0.15) is 0 Å². The van der Waals surface area contributed by atoms with E-state index in [1.54, 1.807) is 0 Å². The Balaban J connectivity index is 0. The molecule has 0 bridgehead atoms. The van der Waals surface area contributed by atoms with Gasteiger partial charge in [0.25, 0.3) is 0 Å². The average molecular weight is 100 g/mol. The topological polar surface area (TPSA) is 72.4 Å². The summed E-state index contributed by atoms with van der Waals surface area (Å²) in [7, 11) is 0. The first kappa shape index (κ1) is 9.37. The summed E-state index contributed by atoms with van der Waals surface area (Å²) in [6, 6.07) is 0. The van der Waals surface area contributed by atoms with E-state index in [9.17, 15) is 0 Å². The molecule has 0 N–H and O–H groups in total. The summed E-state index contributed by atoms with van der Waals surface area (Å²) < 4.78 is 0. The van der Waals surface area contributed by atoms with E-state index in [0.717, 1.165) is 0 Å². The molecule has 6 heavy (non-hydrogen) atoms. The standard InChI is InChI=1S/CH2O4.Mg/c2-1(3)5-4;/h4H,(H,2,3);/q;+2/p-2. The van der Waals surface area contributed by atoms with E-state index in [2.05, 4.69) is 4.89 Å². The van der Waals surface area contributed by atoms with Crippen LogP contribution in [0.15, 0.2) is 0 Å². The zero-order valence-corrected chi connectivity index (χ0v) is 4.25. The number of carbonyl (C=O) groups is 1. The van der Waals surface area contributed by atoms with Crippen LogP contribution in [-0.2, 0) is 4.89 Å². The summed E-state index contributed by atoms with van der Waals surface area (Å²) in [5, 5.41) is 17.2. The molecule has 0 unspecified atom stereocenters. The maximum absolute atomic E-state index is 8.72. The van der Waals surface area contributed by atoms with Crippen LogP contribution in [-0.4, -0.2) is 29.2 Å². The van der Waals surface area contributed by atoms with Gasteiger partial charge in [0.05, 0.1) is 0 Å². The van der Waals surface area contributed by atoms with Crippen molar-refractivity contribution in [3.05, 3.63) is 0 Å². The quantitative estimate of drug-likeness (QED) is 0.188. The van der Waals surface area contributed by atoms with E-state index in [0.29, 0.717) is 0 Å². The summed E-state index contributed by atoms with van der Waals surface area (Å²) in [4.78, 5) is 11.0. The van der Waals surface area contributed by atoms with Crippen LogP contribution in [0, 0.1) is 0 Å². The smallest absolute Gasteiger partial charge is 0.755 e. The van der Waals surface area contributed by atoms with Crippen LogP contribution in [0.2, 0.25) is 0 Å². The van der Waals surface area contributed by atoms with Gasteiger partial charge in [-0.25, -0.2) is 0 Å². The van der Waals surface area contributed by atoms with Gasteiger partial charge in [-0.1, -0.05) is 0 Å². The SMILES string of the molecule is O=C([O-])O[O-].[Mg+2]. The third-order valence-corrected chi connectivity index (χ3v) is 0.0680. The molecule has 0 rings (SSSR count). The number of carboxylic acid groups (broad SMARTS) is 1. The van der Waals surface area contributed by atoms with Gasteiger partial charge in [0, 0.05) is 0 Å². The monoisotopic (exact) mass is 100.0 g/mol. The summed E-state index contributed by atoms with van der Waals surface area (Å²) in [5.41, 5.74) is 0. The molecule has 30 valence electrons. The Morgan fingerprint density at radius 2 is 1.83 bits per heavy atom. The van der Waals surface area contributed by atoms with Crippen molar-refractivity contribution in [3.8, 4) is 0 Å². The Morgan fingerprint density at radius 1 is 1.67 bits per heavy atom. The first-order chi connectivity index (χ1) is 2.27. The van der Waals surface area contributed by atoms with Gasteiger partial charge in [-0.15, -0.1) is 0 Å². The van der Waals surface area contributed by atoms with Gasteiger partial charge in [0.1, 0.15) is 0 Å². The largest absolute Gasteiger partial charge is 2.00 e. The molecule has 0 aliphatic carbocycles.